The standard InChI is InChI=1S/C21H38N2/c1-2-3-4-5-6-7-8-9-19-14-16-23(17-15-19)21-12-10-20(18-22)11-13-21/h19-21H,2-17H2,1H3/t20-,21-. The highest BCUT2D eigenvalue weighted by Gasteiger charge is 2.28. The number of hydrogen-bond acceptors (Lipinski definition) is 2. The summed E-state index contributed by atoms with van der Waals surface area (Å²) in [6.45, 7) is 4.94. The van der Waals surface area contributed by atoms with Gasteiger partial charge in [-0.25, -0.2) is 0 Å². The molecule has 1 aliphatic heterocycles. The molecule has 1 saturated heterocycles. The first-order valence-corrected chi connectivity index (χ1v) is 10.5. The van der Waals surface area contributed by atoms with E-state index in [0.717, 1.165) is 24.8 Å². The van der Waals surface area contributed by atoms with Crippen molar-refractivity contribution in [2.24, 2.45) is 11.8 Å². The van der Waals surface area contributed by atoms with E-state index in [-0.39, 0.29) is 0 Å². The fraction of sp³-hybridized carbons (Fsp3) is 0.952. The third-order valence-electron chi connectivity index (χ3n) is 6.26. The summed E-state index contributed by atoms with van der Waals surface area (Å²) in [6.07, 6.45) is 19.2. The van der Waals surface area contributed by atoms with Crippen LogP contribution in [0.5, 0.6) is 0 Å². The molecule has 0 radical (unpaired) electrons. The van der Waals surface area contributed by atoms with E-state index >= 15 is 0 Å². The van der Waals surface area contributed by atoms with E-state index < -0.39 is 0 Å². The second-order valence-corrected chi connectivity index (χ2v) is 8.02. The highest BCUT2D eigenvalue weighted by atomic mass is 15.2. The van der Waals surface area contributed by atoms with Crippen LogP contribution in [0.2, 0.25) is 0 Å². The van der Waals surface area contributed by atoms with E-state index in [9.17, 15) is 0 Å². The minimum atomic E-state index is 0.348. The van der Waals surface area contributed by atoms with Gasteiger partial charge in [0, 0.05) is 12.0 Å². The quantitative estimate of drug-likeness (QED) is 0.493. The maximum atomic E-state index is 9.02. The molecule has 0 aromatic rings. The number of nitriles is 1. The minimum Gasteiger partial charge on any atom is -0.300 e. The van der Waals surface area contributed by atoms with Crippen LogP contribution in [0.3, 0.4) is 0 Å². The summed E-state index contributed by atoms with van der Waals surface area (Å²) in [4.78, 5) is 2.74. The van der Waals surface area contributed by atoms with Crippen LogP contribution in [-0.2, 0) is 0 Å². The lowest BCUT2D eigenvalue weighted by molar-refractivity contribution is 0.0975. The van der Waals surface area contributed by atoms with Gasteiger partial charge in [0.1, 0.15) is 0 Å². The van der Waals surface area contributed by atoms with Gasteiger partial charge in [-0.2, -0.15) is 5.26 Å². The molecule has 2 fully saturated rings. The Labute approximate surface area is 144 Å². The van der Waals surface area contributed by atoms with Crippen LogP contribution >= 0.6 is 0 Å². The van der Waals surface area contributed by atoms with Gasteiger partial charge in [0.2, 0.25) is 0 Å². The highest BCUT2D eigenvalue weighted by molar-refractivity contribution is 4.90. The maximum Gasteiger partial charge on any atom is 0.0655 e. The third kappa shape index (κ3) is 6.84. The molecule has 132 valence electrons. The van der Waals surface area contributed by atoms with E-state index in [1.54, 1.807) is 0 Å². The zero-order chi connectivity index (χ0) is 16.3. The minimum absolute atomic E-state index is 0.348. The summed E-state index contributed by atoms with van der Waals surface area (Å²) in [5, 5.41) is 9.02. The van der Waals surface area contributed by atoms with Crippen LogP contribution in [0.25, 0.3) is 0 Å². The first-order chi connectivity index (χ1) is 11.3. The van der Waals surface area contributed by atoms with Gasteiger partial charge < -0.3 is 4.90 Å². The van der Waals surface area contributed by atoms with Crippen LogP contribution in [0.4, 0.5) is 0 Å². The molecular formula is C21H38N2. The molecule has 0 aromatic carbocycles. The topological polar surface area (TPSA) is 27.0 Å². The first-order valence-electron chi connectivity index (χ1n) is 10.5. The van der Waals surface area contributed by atoms with E-state index in [4.69, 9.17) is 5.26 Å². The molecule has 0 bridgehead atoms. The molecule has 2 rings (SSSR count). The molecule has 0 atom stereocenters. The van der Waals surface area contributed by atoms with Crippen molar-refractivity contribution < 1.29 is 0 Å². The average molecular weight is 319 g/mol. The Bertz CT molecular complexity index is 330. The normalized spacial score (nSPS) is 27.0. The molecule has 0 N–H and O–H groups in total. The Kier molecular flexibility index (Phi) is 9.05. The van der Waals surface area contributed by atoms with Crippen molar-refractivity contribution in [3.8, 4) is 6.07 Å². The predicted octanol–water partition coefficient (Wildman–Crippen LogP) is 5.92. The molecule has 2 heteroatoms. The fourth-order valence-electron chi connectivity index (χ4n) is 4.57. The van der Waals surface area contributed by atoms with E-state index in [1.165, 1.54) is 90.1 Å². The Morgan fingerprint density at radius 1 is 0.826 bits per heavy atom. The summed E-state index contributed by atoms with van der Waals surface area (Å²) in [6, 6.07) is 3.25. The third-order valence-corrected chi connectivity index (χ3v) is 6.26. The van der Waals surface area contributed by atoms with Crippen LogP contribution < -0.4 is 0 Å². The number of piperidine rings is 1. The second-order valence-electron chi connectivity index (χ2n) is 8.02. The Balaban J connectivity index is 1.50. The van der Waals surface area contributed by atoms with Crippen LogP contribution in [0, 0.1) is 23.2 Å². The van der Waals surface area contributed by atoms with Gasteiger partial charge in [-0.3, -0.25) is 0 Å². The number of nitrogens with zero attached hydrogens (tertiary/aromatic N) is 2. The molecule has 0 unspecified atom stereocenters. The average Bonchev–Trinajstić information content (AvgIpc) is 2.61. The first kappa shape index (κ1) is 18.8. The van der Waals surface area contributed by atoms with Gasteiger partial charge in [-0.1, -0.05) is 58.3 Å². The lowest BCUT2D eigenvalue weighted by Crippen LogP contribution is -2.43. The van der Waals surface area contributed by atoms with Crippen molar-refractivity contribution in [1.82, 2.24) is 4.90 Å². The highest BCUT2D eigenvalue weighted by Crippen LogP contribution is 2.31. The molecular weight excluding hydrogens is 280 g/mol. The van der Waals surface area contributed by atoms with Crippen molar-refractivity contribution in [2.45, 2.75) is 103 Å². The van der Waals surface area contributed by atoms with Crippen molar-refractivity contribution >= 4 is 0 Å². The molecule has 0 amide bonds. The second kappa shape index (κ2) is 11.1. The molecule has 23 heavy (non-hydrogen) atoms. The van der Waals surface area contributed by atoms with E-state index in [1.807, 2.05) is 0 Å². The predicted molar refractivity (Wildman–Crippen MR) is 98.3 cm³/mol. The van der Waals surface area contributed by atoms with Gasteiger partial charge in [0.25, 0.3) is 0 Å². The Morgan fingerprint density at radius 3 is 2.04 bits per heavy atom. The van der Waals surface area contributed by atoms with E-state index in [0.29, 0.717) is 5.92 Å². The summed E-state index contributed by atoms with van der Waals surface area (Å²) < 4.78 is 0. The number of hydrogen-bond donors (Lipinski definition) is 0. The Morgan fingerprint density at radius 2 is 1.43 bits per heavy atom. The number of likely N-dealkylation sites (tertiary alicyclic amines) is 1. The van der Waals surface area contributed by atoms with Crippen molar-refractivity contribution in [2.75, 3.05) is 13.1 Å². The largest absolute Gasteiger partial charge is 0.300 e. The zero-order valence-corrected chi connectivity index (χ0v) is 15.4. The molecule has 1 aliphatic carbocycles. The summed E-state index contributed by atoms with van der Waals surface area (Å²) in [7, 11) is 0. The number of unbranched alkanes of at least 4 members (excludes halogenated alkanes) is 6. The van der Waals surface area contributed by atoms with Gasteiger partial charge in [0.15, 0.2) is 0 Å². The van der Waals surface area contributed by atoms with Crippen molar-refractivity contribution in [1.29, 1.82) is 5.26 Å². The SMILES string of the molecule is CCCCCCCCCC1CCN([C@H]2CC[C@H](C#N)CC2)CC1. The monoisotopic (exact) mass is 318 g/mol. The van der Waals surface area contributed by atoms with E-state index in [2.05, 4.69) is 17.9 Å². The molecule has 2 nitrogen and oxygen atoms in total. The summed E-state index contributed by atoms with van der Waals surface area (Å²) >= 11 is 0. The van der Waals surface area contributed by atoms with Crippen LogP contribution in [0.1, 0.15) is 96.8 Å². The lowest BCUT2D eigenvalue weighted by atomic mass is 9.84. The molecule has 1 saturated carbocycles. The zero-order valence-electron chi connectivity index (χ0n) is 15.4. The molecule has 2 aliphatic rings. The van der Waals surface area contributed by atoms with Gasteiger partial charge in [-0.15, -0.1) is 0 Å². The van der Waals surface area contributed by atoms with Crippen molar-refractivity contribution in [3.05, 3.63) is 0 Å². The molecule has 1 heterocycles. The number of rotatable bonds is 9. The lowest BCUT2D eigenvalue weighted by Gasteiger charge is -2.40. The van der Waals surface area contributed by atoms with Crippen LogP contribution in [-0.4, -0.2) is 24.0 Å². The van der Waals surface area contributed by atoms with Crippen LogP contribution in [0.15, 0.2) is 0 Å². The molecule has 0 spiro atoms. The van der Waals surface area contributed by atoms with Crippen molar-refractivity contribution in [3.63, 3.8) is 0 Å². The molecule has 0 aromatic heterocycles. The maximum absolute atomic E-state index is 9.02. The van der Waals surface area contributed by atoms with Gasteiger partial charge in [-0.05, 0) is 57.5 Å². The smallest absolute Gasteiger partial charge is 0.0655 e. The fourth-order valence-corrected chi connectivity index (χ4v) is 4.57. The van der Waals surface area contributed by atoms with Gasteiger partial charge >= 0.3 is 0 Å². The Hall–Kier alpha value is -0.550. The summed E-state index contributed by atoms with van der Waals surface area (Å²) in [5.41, 5.74) is 0. The summed E-state index contributed by atoms with van der Waals surface area (Å²) in [5.74, 6) is 1.35. The van der Waals surface area contributed by atoms with Gasteiger partial charge in [0.05, 0.1) is 6.07 Å².